The Kier molecular flexibility index (Phi) is 3.50. The highest BCUT2D eigenvalue weighted by atomic mass is 16.5. The maximum absolute atomic E-state index is 10.8. The molecule has 0 unspecified atom stereocenters. The highest BCUT2D eigenvalue weighted by molar-refractivity contribution is 6.10. The standard InChI is InChI=1S/C13H15NO4/c1-17-11-5-8-3-4-14-10(7-13(15)16)9(8)6-12(11)18-2/h5-6H,3-4,7H2,1-2H3,(H,15,16). The van der Waals surface area contributed by atoms with Crippen LogP contribution in [-0.4, -0.2) is 37.6 Å². The van der Waals surface area contributed by atoms with E-state index in [2.05, 4.69) is 4.99 Å². The summed E-state index contributed by atoms with van der Waals surface area (Å²) in [4.78, 5) is 15.1. The molecule has 1 aromatic carbocycles. The third-order valence-electron chi connectivity index (χ3n) is 2.92. The predicted octanol–water partition coefficient (Wildman–Crippen LogP) is 1.52. The lowest BCUT2D eigenvalue weighted by Crippen LogP contribution is -2.16. The molecule has 0 radical (unpaired) electrons. The van der Waals surface area contributed by atoms with E-state index < -0.39 is 5.97 Å². The van der Waals surface area contributed by atoms with E-state index in [4.69, 9.17) is 14.6 Å². The van der Waals surface area contributed by atoms with Crippen LogP contribution in [0.4, 0.5) is 0 Å². The molecule has 1 heterocycles. The van der Waals surface area contributed by atoms with Gasteiger partial charge in [0.05, 0.1) is 26.4 Å². The van der Waals surface area contributed by atoms with Crippen molar-refractivity contribution < 1.29 is 19.4 Å². The first-order valence-electron chi connectivity index (χ1n) is 5.66. The van der Waals surface area contributed by atoms with E-state index in [1.807, 2.05) is 6.07 Å². The molecular weight excluding hydrogens is 234 g/mol. The third-order valence-corrected chi connectivity index (χ3v) is 2.92. The average molecular weight is 249 g/mol. The van der Waals surface area contributed by atoms with Gasteiger partial charge in [-0.15, -0.1) is 0 Å². The van der Waals surface area contributed by atoms with Crippen molar-refractivity contribution in [2.45, 2.75) is 12.8 Å². The van der Waals surface area contributed by atoms with Crippen LogP contribution >= 0.6 is 0 Å². The number of hydrogen-bond acceptors (Lipinski definition) is 4. The van der Waals surface area contributed by atoms with Gasteiger partial charge >= 0.3 is 5.97 Å². The molecule has 1 aliphatic rings. The van der Waals surface area contributed by atoms with Crippen LogP contribution in [0.25, 0.3) is 0 Å². The number of carboxylic acid groups (broad SMARTS) is 1. The van der Waals surface area contributed by atoms with Crippen LogP contribution in [0.15, 0.2) is 17.1 Å². The van der Waals surface area contributed by atoms with E-state index in [1.165, 1.54) is 0 Å². The van der Waals surface area contributed by atoms with E-state index in [0.29, 0.717) is 23.8 Å². The van der Waals surface area contributed by atoms with Gasteiger partial charge in [-0.1, -0.05) is 0 Å². The maximum atomic E-state index is 10.8. The maximum Gasteiger partial charge on any atom is 0.309 e. The monoisotopic (exact) mass is 249 g/mol. The van der Waals surface area contributed by atoms with Gasteiger partial charge < -0.3 is 14.6 Å². The first kappa shape index (κ1) is 12.4. The second-order valence-electron chi connectivity index (χ2n) is 4.01. The van der Waals surface area contributed by atoms with E-state index >= 15 is 0 Å². The lowest BCUT2D eigenvalue weighted by atomic mass is 9.95. The molecule has 0 spiro atoms. The van der Waals surface area contributed by atoms with Crippen molar-refractivity contribution in [2.75, 3.05) is 20.8 Å². The summed E-state index contributed by atoms with van der Waals surface area (Å²) in [5.74, 6) is 0.375. The van der Waals surface area contributed by atoms with Gasteiger partial charge in [0.25, 0.3) is 0 Å². The zero-order valence-electron chi connectivity index (χ0n) is 10.4. The van der Waals surface area contributed by atoms with Gasteiger partial charge in [-0.2, -0.15) is 0 Å². The van der Waals surface area contributed by atoms with Crippen molar-refractivity contribution in [3.05, 3.63) is 23.3 Å². The van der Waals surface area contributed by atoms with Gasteiger partial charge in [-0.25, -0.2) is 0 Å². The Balaban J connectivity index is 2.46. The molecule has 5 heteroatoms. The minimum Gasteiger partial charge on any atom is -0.493 e. The quantitative estimate of drug-likeness (QED) is 0.878. The molecular formula is C13H15NO4. The molecule has 1 N–H and O–H groups in total. The minimum absolute atomic E-state index is 0.0670. The van der Waals surface area contributed by atoms with Crippen LogP contribution in [0, 0.1) is 0 Å². The zero-order valence-corrected chi connectivity index (χ0v) is 10.4. The van der Waals surface area contributed by atoms with Crippen LogP contribution in [0.2, 0.25) is 0 Å². The highest BCUT2D eigenvalue weighted by Crippen LogP contribution is 2.32. The molecule has 18 heavy (non-hydrogen) atoms. The van der Waals surface area contributed by atoms with Gasteiger partial charge in [0.15, 0.2) is 11.5 Å². The SMILES string of the molecule is COc1cc2c(cc1OC)C(CC(=O)O)=NCC2. The lowest BCUT2D eigenvalue weighted by molar-refractivity contribution is -0.135. The number of fused-ring (bicyclic) bond motifs is 1. The molecule has 0 fully saturated rings. The van der Waals surface area contributed by atoms with Crippen molar-refractivity contribution in [2.24, 2.45) is 4.99 Å². The first-order valence-corrected chi connectivity index (χ1v) is 5.66. The summed E-state index contributed by atoms with van der Waals surface area (Å²) in [6.07, 6.45) is 0.724. The average Bonchev–Trinajstić information content (AvgIpc) is 2.37. The normalized spacial score (nSPS) is 13.6. The Morgan fingerprint density at radius 3 is 2.61 bits per heavy atom. The molecule has 5 nitrogen and oxygen atoms in total. The van der Waals surface area contributed by atoms with Crippen molar-refractivity contribution >= 4 is 11.7 Å². The number of aliphatic imine (C=N–C) groups is 1. The Hall–Kier alpha value is -2.04. The minimum atomic E-state index is -0.878. The second-order valence-corrected chi connectivity index (χ2v) is 4.01. The number of rotatable bonds is 4. The smallest absolute Gasteiger partial charge is 0.309 e. The van der Waals surface area contributed by atoms with Gasteiger partial charge in [-0.3, -0.25) is 9.79 Å². The molecule has 2 rings (SSSR count). The summed E-state index contributed by atoms with van der Waals surface area (Å²) >= 11 is 0. The lowest BCUT2D eigenvalue weighted by Gasteiger charge is -2.18. The number of carbonyl (C=O) groups is 1. The van der Waals surface area contributed by atoms with Crippen LogP contribution in [0.3, 0.4) is 0 Å². The molecule has 0 aromatic heterocycles. The van der Waals surface area contributed by atoms with Crippen molar-refractivity contribution in [1.29, 1.82) is 0 Å². The molecule has 0 bridgehead atoms. The summed E-state index contributed by atoms with van der Waals surface area (Å²) in [5.41, 5.74) is 2.50. The molecule has 1 aliphatic heterocycles. The fraction of sp³-hybridized carbons (Fsp3) is 0.385. The topological polar surface area (TPSA) is 68.1 Å². The largest absolute Gasteiger partial charge is 0.493 e. The van der Waals surface area contributed by atoms with Gasteiger partial charge in [0, 0.05) is 12.1 Å². The molecule has 0 atom stereocenters. The Morgan fingerprint density at radius 1 is 1.33 bits per heavy atom. The molecule has 0 aliphatic carbocycles. The fourth-order valence-corrected chi connectivity index (χ4v) is 2.09. The van der Waals surface area contributed by atoms with Crippen molar-refractivity contribution in [3.63, 3.8) is 0 Å². The van der Waals surface area contributed by atoms with E-state index in [1.54, 1.807) is 20.3 Å². The van der Waals surface area contributed by atoms with Gasteiger partial charge in [0.1, 0.15) is 0 Å². The summed E-state index contributed by atoms with van der Waals surface area (Å²) in [5, 5.41) is 8.88. The van der Waals surface area contributed by atoms with Gasteiger partial charge in [0.2, 0.25) is 0 Å². The predicted molar refractivity (Wildman–Crippen MR) is 66.9 cm³/mol. The van der Waals surface area contributed by atoms with Crippen LogP contribution < -0.4 is 9.47 Å². The zero-order chi connectivity index (χ0) is 13.1. The Bertz CT molecular complexity index is 508. The number of benzene rings is 1. The number of ether oxygens (including phenoxy) is 2. The number of methoxy groups -OCH3 is 2. The Morgan fingerprint density at radius 2 is 2.00 bits per heavy atom. The van der Waals surface area contributed by atoms with E-state index in [9.17, 15) is 4.79 Å². The Labute approximate surface area is 105 Å². The summed E-state index contributed by atoms with van der Waals surface area (Å²) in [6, 6.07) is 3.69. The number of aliphatic carboxylic acids is 1. The van der Waals surface area contributed by atoms with Crippen molar-refractivity contribution in [1.82, 2.24) is 0 Å². The summed E-state index contributed by atoms with van der Waals surface area (Å²) in [7, 11) is 3.14. The third kappa shape index (κ3) is 2.30. The number of carboxylic acids is 1. The molecule has 0 saturated heterocycles. The van der Waals surface area contributed by atoms with Crippen LogP contribution in [0.5, 0.6) is 11.5 Å². The number of hydrogen-bond donors (Lipinski definition) is 1. The number of nitrogens with zero attached hydrogens (tertiary/aromatic N) is 1. The second kappa shape index (κ2) is 5.08. The highest BCUT2D eigenvalue weighted by Gasteiger charge is 2.19. The van der Waals surface area contributed by atoms with Crippen LogP contribution in [0.1, 0.15) is 17.5 Å². The van der Waals surface area contributed by atoms with Crippen molar-refractivity contribution in [3.8, 4) is 11.5 Å². The van der Waals surface area contributed by atoms with E-state index in [0.717, 1.165) is 17.5 Å². The van der Waals surface area contributed by atoms with Gasteiger partial charge in [-0.05, 0) is 24.1 Å². The summed E-state index contributed by atoms with van der Waals surface area (Å²) in [6.45, 7) is 0.616. The van der Waals surface area contributed by atoms with E-state index in [-0.39, 0.29) is 6.42 Å². The molecule has 0 saturated carbocycles. The molecule has 1 aromatic rings. The molecule has 0 amide bonds. The summed E-state index contributed by atoms with van der Waals surface area (Å²) < 4.78 is 10.5. The van der Waals surface area contributed by atoms with Crippen LogP contribution in [-0.2, 0) is 11.2 Å². The molecule has 96 valence electrons. The fourth-order valence-electron chi connectivity index (χ4n) is 2.09. The first-order chi connectivity index (χ1) is 8.65.